The van der Waals surface area contributed by atoms with Crippen LogP contribution in [0, 0.1) is 0 Å². The number of hydrogen-bond donors (Lipinski definition) is 0. The Labute approximate surface area is 135 Å². The number of rotatable bonds is 7. The van der Waals surface area contributed by atoms with E-state index in [4.69, 9.17) is 4.74 Å². The summed E-state index contributed by atoms with van der Waals surface area (Å²) in [6.45, 7) is 2.12. The van der Waals surface area contributed by atoms with Crippen molar-refractivity contribution in [3.05, 3.63) is 66.0 Å². The van der Waals surface area contributed by atoms with Crippen molar-refractivity contribution in [2.45, 2.75) is 20.0 Å². The van der Waals surface area contributed by atoms with Crippen molar-refractivity contribution in [1.82, 2.24) is 4.98 Å². The van der Waals surface area contributed by atoms with Gasteiger partial charge in [-0.2, -0.15) is 0 Å². The van der Waals surface area contributed by atoms with Gasteiger partial charge in [-0.05, 0) is 23.6 Å². The highest BCUT2D eigenvalue weighted by molar-refractivity contribution is 8.13. The topological polar surface area (TPSA) is 39.2 Å². The van der Waals surface area contributed by atoms with Crippen molar-refractivity contribution in [1.29, 1.82) is 0 Å². The molecule has 0 spiro atoms. The van der Waals surface area contributed by atoms with Crippen LogP contribution in [0.15, 0.2) is 54.9 Å². The Bertz CT molecular complexity index is 626. The number of thioether (sulfide) groups is 1. The molecular weight excluding hydrogens is 294 g/mol. The van der Waals surface area contributed by atoms with E-state index in [9.17, 15) is 4.79 Å². The van der Waals surface area contributed by atoms with Crippen molar-refractivity contribution in [3.8, 4) is 5.75 Å². The Morgan fingerprint density at radius 2 is 2.09 bits per heavy atom. The first kappa shape index (κ1) is 16.3. The van der Waals surface area contributed by atoms with Crippen LogP contribution in [-0.2, 0) is 11.4 Å². The Morgan fingerprint density at radius 3 is 2.86 bits per heavy atom. The largest absolute Gasteiger partial charge is 0.487 e. The third-order valence-electron chi connectivity index (χ3n) is 2.88. The Hall–Kier alpha value is -2.07. The second-order valence-corrected chi connectivity index (χ2v) is 6.03. The van der Waals surface area contributed by atoms with E-state index in [1.54, 1.807) is 19.3 Å². The molecule has 4 heteroatoms. The van der Waals surface area contributed by atoms with Crippen LogP contribution in [0.4, 0.5) is 0 Å². The van der Waals surface area contributed by atoms with Crippen molar-refractivity contribution in [2.75, 3.05) is 5.75 Å². The molecule has 2 rings (SSSR count). The second kappa shape index (κ2) is 9.05. The maximum absolute atomic E-state index is 10.8. The third kappa shape index (κ3) is 6.14. The van der Waals surface area contributed by atoms with Gasteiger partial charge < -0.3 is 4.74 Å². The predicted octanol–water partition coefficient (Wildman–Crippen LogP) is 4.34. The summed E-state index contributed by atoms with van der Waals surface area (Å²) in [5, 5.41) is 0.159. The fraction of sp³-hybridized carbons (Fsp3) is 0.222. The fourth-order valence-electron chi connectivity index (χ4n) is 1.84. The molecule has 1 aromatic heterocycles. The average molecular weight is 313 g/mol. The molecule has 114 valence electrons. The molecule has 0 aliphatic heterocycles. The molecule has 2 aromatic rings. The molecule has 0 aliphatic rings. The van der Waals surface area contributed by atoms with Gasteiger partial charge >= 0.3 is 0 Å². The van der Waals surface area contributed by atoms with E-state index in [0.29, 0.717) is 6.61 Å². The zero-order valence-electron chi connectivity index (χ0n) is 12.6. The van der Waals surface area contributed by atoms with Crippen LogP contribution < -0.4 is 4.74 Å². The number of carbonyl (C=O) groups excluding carboxylic acids is 1. The van der Waals surface area contributed by atoms with Gasteiger partial charge in [0.15, 0.2) is 5.12 Å². The number of hydrogen-bond acceptors (Lipinski definition) is 4. The highest BCUT2D eigenvalue weighted by Gasteiger charge is 1.97. The average Bonchev–Trinajstić information content (AvgIpc) is 2.54. The van der Waals surface area contributed by atoms with Crippen molar-refractivity contribution in [2.24, 2.45) is 0 Å². The first-order chi connectivity index (χ1) is 10.7. The Balaban J connectivity index is 1.84. The second-order valence-electron chi connectivity index (χ2n) is 4.76. The minimum Gasteiger partial charge on any atom is -0.487 e. The molecule has 0 amide bonds. The molecule has 0 radical (unpaired) electrons. The molecule has 22 heavy (non-hydrogen) atoms. The van der Waals surface area contributed by atoms with Crippen LogP contribution in [-0.4, -0.2) is 15.9 Å². The summed E-state index contributed by atoms with van der Waals surface area (Å²) in [5.74, 6) is 1.56. The minimum atomic E-state index is 0.159. The van der Waals surface area contributed by atoms with Crippen LogP contribution in [0.2, 0.25) is 0 Å². The molecule has 3 nitrogen and oxygen atoms in total. The zero-order valence-corrected chi connectivity index (χ0v) is 13.4. The fourth-order valence-corrected chi connectivity index (χ4v) is 2.38. The van der Waals surface area contributed by atoms with Crippen LogP contribution in [0.1, 0.15) is 24.5 Å². The molecule has 1 aromatic carbocycles. The van der Waals surface area contributed by atoms with E-state index >= 15 is 0 Å². The normalized spacial score (nSPS) is 10.8. The number of benzene rings is 1. The zero-order chi connectivity index (χ0) is 15.6. The lowest BCUT2D eigenvalue weighted by Gasteiger charge is -2.06. The highest BCUT2D eigenvalue weighted by Crippen LogP contribution is 2.15. The van der Waals surface area contributed by atoms with Crippen molar-refractivity contribution >= 4 is 23.0 Å². The van der Waals surface area contributed by atoms with Gasteiger partial charge in [-0.15, -0.1) is 0 Å². The van der Waals surface area contributed by atoms with Gasteiger partial charge in [0.1, 0.15) is 12.4 Å². The van der Waals surface area contributed by atoms with E-state index < -0.39 is 0 Å². The van der Waals surface area contributed by atoms with Gasteiger partial charge in [0, 0.05) is 18.9 Å². The molecule has 0 bridgehead atoms. The lowest BCUT2D eigenvalue weighted by atomic mass is 10.2. The highest BCUT2D eigenvalue weighted by atomic mass is 32.2. The van der Waals surface area contributed by atoms with Crippen molar-refractivity contribution in [3.63, 3.8) is 0 Å². The van der Waals surface area contributed by atoms with Gasteiger partial charge in [0.05, 0.1) is 6.20 Å². The SMILES string of the molecule is CC(=O)SCCC=Cc1cncc(OCc2ccccc2)c1. The van der Waals surface area contributed by atoms with E-state index in [1.807, 2.05) is 48.6 Å². The first-order valence-corrected chi connectivity index (χ1v) is 8.14. The van der Waals surface area contributed by atoms with E-state index in [0.717, 1.165) is 29.1 Å². The lowest BCUT2D eigenvalue weighted by molar-refractivity contribution is -0.109. The summed E-state index contributed by atoms with van der Waals surface area (Å²) >= 11 is 1.34. The minimum absolute atomic E-state index is 0.159. The number of ether oxygens (including phenoxy) is 1. The summed E-state index contributed by atoms with van der Waals surface area (Å²) in [6, 6.07) is 12.0. The summed E-state index contributed by atoms with van der Waals surface area (Å²) in [6.07, 6.45) is 8.42. The molecule has 0 atom stereocenters. The summed E-state index contributed by atoms with van der Waals surface area (Å²) in [7, 11) is 0. The standard InChI is InChI=1S/C18H19NO2S/c1-15(20)22-10-6-5-9-17-11-18(13-19-12-17)21-14-16-7-3-2-4-8-16/h2-5,7-9,11-13H,6,10,14H2,1H3. The summed E-state index contributed by atoms with van der Waals surface area (Å²) in [4.78, 5) is 15.0. The summed E-state index contributed by atoms with van der Waals surface area (Å²) in [5.41, 5.74) is 2.13. The predicted molar refractivity (Wildman–Crippen MR) is 91.8 cm³/mol. The molecule has 0 fully saturated rings. The number of carbonyl (C=O) groups is 1. The van der Waals surface area contributed by atoms with Crippen LogP contribution in [0.5, 0.6) is 5.75 Å². The molecule has 0 saturated heterocycles. The Morgan fingerprint density at radius 1 is 1.27 bits per heavy atom. The van der Waals surface area contributed by atoms with Crippen LogP contribution >= 0.6 is 11.8 Å². The van der Waals surface area contributed by atoms with E-state index in [-0.39, 0.29) is 5.12 Å². The van der Waals surface area contributed by atoms with Crippen LogP contribution in [0.3, 0.4) is 0 Å². The maximum atomic E-state index is 10.8. The molecule has 0 unspecified atom stereocenters. The number of pyridine rings is 1. The third-order valence-corrected chi connectivity index (χ3v) is 3.73. The molecule has 0 N–H and O–H groups in total. The van der Waals surface area contributed by atoms with E-state index in [2.05, 4.69) is 4.98 Å². The van der Waals surface area contributed by atoms with E-state index in [1.165, 1.54) is 11.8 Å². The molecule has 0 aliphatic carbocycles. The smallest absolute Gasteiger partial charge is 0.185 e. The lowest BCUT2D eigenvalue weighted by Crippen LogP contribution is -1.95. The van der Waals surface area contributed by atoms with Gasteiger partial charge in [-0.1, -0.05) is 54.2 Å². The van der Waals surface area contributed by atoms with Gasteiger partial charge in [-0.25, -0.2) is 0 Å². The number of allylic oxidation sites excluding steroid dienone is 1. The van der Waals surface area contributed by atoms with Crippen molar-refractivity contribution < 1.29 is 9.53 Å². The molecule has 1 heterocycles. The first-order valence-electron chi connectivity index (χ1n) is 7.16. The maximum Gasteiger partial charge on any atom is 0.185 e. The molecular formula is C18H19NO2S. The summed E-state index contributed by atoms with van der Waals surface area (Å²) < 4.78 is 5.75. The molecule has 0 saturated carbocycles. The van der Waals surface area contributed by atoms with Gasteiger partial charge in [0.2, 0.25) is 0 Å². The Kier molecular flexibility index (Phi) is 6.71. The monoisotopic (exact) mass is 313 g/mol. The number of nitrogens with zero attached hydrogens (tertiary/aromatic N) is 1. The quantitative estimate of drug-likeness (QED) is 0.713. The number of aromatic nitrogens is 1. The van der Waals surface area contributed by atoms with Gasteiger partial charge in [-0.3, -0.25) is 9.78 Å². The van der Waals surface area contributed by atoms with Crippen LogP contribution in [0.25, 0.3) is 6.08 Å². The van der Waals surface area contributed by atoms with Gasteiger partial charge in [0.25, 0.3) is 0 Å².